The first-order valence-electron chi connectivity index (χ1n) is 6.17. The summed E-state index contributed by atoms with van der Waals surface area (Å²) in [5.74, 6) is 0.366. The molecular formula is C15H13BrF3NO. The highest BCUT2D eigenvalue weighted by atomic mass is 79.9. The molecule has 0 aliphatic carbocycles. The third-order valence-corrected chi connectivity index (χ3v) is 3.38. The number of halogens is 4. The van der Waals surface area contributed by atoms with E-state index in [9.17, 15) is 13.2 Å². The average Bonchev–Trinajstić information content (AvgIpc) is 2.44. The number of hydrogen-bond donors (Lipinski definition) is 1. The lowest BCUT2D eigenvalue weighted by Crippen LogP contribution is -2.09. The quantitative estimate of drug-likeness (QED) is 0.871. The van der Waals surface area contributed by atoms with Crippen LogP contribution in [0.4, 0.5) is 13.2 Å². The molecule has 6 heteroatoms. The zero-order valence-corrected chi connectivity index (χ0v) is 12.5. The van der Waals surface area contributed by atoms with E-state index < -0.39 is 11.7 Å². The lowest BCUT2D eigenvalue weighted by atomic mass is 10.1. The lowest BCUT2D eigenvalue weighted by Gasteiger charge is -2.13. The van der Waals surface area contributed by atoms with E-state index in [1.54, 1.807) is 0 Å². The van der Waals surface area contributed by atoms with Crippen LogP contribution >= 0.6 is 15.9 Å². The molecule has 0 unspecified atom stereocenters. The summed E-state index contributed by atoms with van der Waals surface area (Å²) in [7, 11) is 0. The molecule has 0 aliphatic rings. The molecule has 0 atom stereocenters. The minimum atomic E-state index is -4.38. The largest absolute Gasteiger partial charge is 0.489 e. The molecule has 0 fully saturated rings. The monoisotopic (exact) mass is 359 g/mol. The van der Waals surface area contributed by atoms with E-state index in [1.807, 2.05) is 24.3 Å². The molecule has 2 rings (SSSR count). The van der Waals surface area contributed by atoms with Crippen molar-refractivity contribution in [3.63, 3.8) is 0 Å². The van der Waals surface area contributed by atoms with Crippen molar-refractivity contribution in [3.05, 3.63) is 63.6 Å². The molecular weight excluding hydrogens is 347 g/mol. The normalized spacial score (nSPS) is 11.5. The molecule has 0 aromatic heterocycles. The smallest absolute Gasteiger partial charge is 0.416 e. The van der Waals surface area contributed by atoms with Crippen LogP contribution in [-0.4, -0.2) is 0 Å². The van der Waals surface area contributed by atoms with E-state index in [-0.39, 0.29) is 13.2 Å². The van der Waals surface area contributed by atoms with Gasteiger partial charge in [0.25, 0.3) is 0 Å². The highest BCUT2D eigenvalue weighted by molar-refractivity contribution is 9.10. The molecule has 0 spiro atoms. The molecule has 2 N–H and O–H groups in total. The summed E-state index contributed by atoms with van der Waals surface area (Å²) >= 11 is 3.35. The SMILES string of the molecule is NCc1cc(C(F)(F)F)ccc1OCc1cccc(Br)c1. The molecule has 112 valence electrons. The Bertz CT molecular complexity index is 629. The Balaban J connectivity index is 2.16. The maximum absolute atomic E-state index is 12.6. The van der Waals surface area contributed by atoms with Crippen molar-refractivity contribution in [2.45, 2.75) is 19.3 Å². The van der Waals surface area contributed by atoms with Crippen LogP contribution in [0.5, 0.6) is 5.75 Å². The standard InChI is InChI=1S/C15H13BrF3NO/c16-13-3-1-2-10(6-13)9-21-14-5-4-12(15(17,18)19)7-11(14)8-20/h1-7H,8-9,20H2. The average molecular weight is 360 g/mol. The molecule has 2 aromatic rings. The van der Waals surface area contributed by atoms with E-state index in [0.29, 0.717) is 11.3 Å². The molecule has 0 heterocycles. The summed E-state index contributed by atoms with van der Waals surface area (Å²) < 4.78 is 44.4. The first kappa shape index (κ1) is 15.9. The number of benzene rings is 2. The molecule has 0 aliphatic heterocycles. The van der Waals surface area contributed by atoms with Crippen molar-refractivity contribution in [2.75, 3.05) is 0 Å². The predicted molar refractivity (Wildman–Crippen MR) is 77.8 cm³/mol. The summed E-state index contributed by atoms with van der Waals surface area (Å²) in [5, 5.41) is 0. The Morgan fingerprint density at radius 2 is 1.86 bits per heavy atom. The van der Waals surface area contributed by atoms with Gasteiger partial charge in [-0.15, -0.1) is 0 Å². The van der Waals surface area contributed by atoms with Crippen molar-refractivity contribution in [1.29, 1.82) is 0 Å². The maximum atomic E-state index is 12.6. The van der Waals surface area contributed by atoms with E-state index >= 15 is 0 Å². The Hall–Kier alpha value is -1.53. The fourth-order valence-electron chi connectivity index (χ4n) is 1.84. The summed E-state index contributed by atoms with van der Waals surface area (Å²) in [4.78, 5) is 0. The van der Waals surface area contributed by atoms with Crippen LogP contribution in [0, 0.1) is 0 Å². The van der Waals surface area contributed by atoms with E-state index in [0.717, 1.165) is 22.2 Å². The van der Waals surface area contributed by atoms with Crippen molar-refractivity contribution >= 4 is 15.9 Å². The third kappa shape index (κ3) is 4.22. The maximum Gasteiger partial charge on any atom is 0.416 e. The van der Waals surface area contributed by atoms with Crippen LogP contribution in [0.3, 0.4) is 0 Å². The zero-order chi connectivity index (χ0) is 15.5. The molecule has 0 saturated heterocycles. The fourth-order valence-corrected chi connectivity index (χ4v) is 2.29. The first-order chi connectivity index (χ1) is 9.90. The minimum absolute atomic E-state index is 0.0161. The molecule has 2 aromatic carbocycles. The van der Waals surface area contributed by atoms with Crippen LogP contribution in [0.15, 0.2) is 46.9 Å². The van der Waals surface area contributed by atoms with Crippen LogP contribution in [0.25, 0.3) is 0 Å². The van der Waals surface area contributed by atoms with Crippen molar-refractivity contribution in [1.82, 2.24) is 0 Å². The van der Waals surface area contributed by atoms with Gasteiger partial charge in [-0.1, -0.05) is 28.1 Å². The van der Waals surface area contributed by atoms with E-state index in [4.69, 9.17) is 10.5 Å². The number of hydrogen-bond acceptors (Lipinski definition) is 2. The van der Waals surface area contributed by atoms with Gasteiger partial charge < -0.3 is 10.5 Å². The summed E-state index contributed by atoms with van der Waals surface area (Å²) in [6, 6.07) is 10.8. The van der Waals surface area contributed by atoms with Crippen LogP contribution < -0.4 is 10.5 Å². The van der Waals surface area contributed by atoms with Gasteiger partial charge in [-0.2, -0.15) is 13.2 Å². The summed E-state index contributed by atoms with van der Waals surface area (Å²) in [6.45, 7) is 0.246. The Labute approximate surface area is 128 Å². The van der Waals surface area contributed by atoms with Gasteiger partial charge in [0.1, 0.15) is 12.4 Å². The second-order valence-electron chi connectivity index (χ2n) is 4.44. The third-order valence-electron chi connectivity index (χ3n) is 2.89. The Kier molecular flexibility index (Phi) is 4.90. The zero-order valence-electron chi connectivity index (χ0n) is 11.0. The van der Waals surface area contributed by atoms with Gasteiger partial charge in [0.05, 0.1) is 5.56 Å². The van der Waals surface area contributed by atoms with Crippen molar-refractivity contribution in [2.24, 2.45) is 5.73 Å². The molecule has 0 radical (unpaired) electrons. The Morgan fingerprint density at radius 1 is 1.10 bits per heavy atom. The Morgan fingerprint density at radius 3 is 2.48 bits per heavy atom. The van der Waals surface area contributed by atoms with E-state index in [1.165, 1.54) is 6.07 Å². The molecule has 21 heavy (non-hydrogen) atoms. The number of rotatable bonds is 4. The van der Waals surface area contributed by atoms with Gasteiger partial charge in [-0.25, -0.2) is 0 Å². The van der Waals surface area contributed by atoms with Gasteiger partial charge in [-0.3, -0.25) is 0 Å². The van der Waals surface area contributed by atoms with Gasteiger partial charge >= 0.3 is 6.18 Å². The molecule has 2 nitrogen and oxygen atoms in total. The number of nitrogens with two attached hydrogens (primary N) is 1. The predicted octanol–water partition coefficient (Wildman–Crippen LogP) is 4.51. The van der Waals surface area contributed by atoms with Gasteiger partial charge in [0.15, 0.2) is 0 Å². The van der Waals surface area contributed by atoms with Crippen molar-refractivity contribution < 1.29 is 17.9 Å². The molecule has 0 saturated carbocycles. The fraction of sp³-hybridized carbons (Fsp3) is 0.200. The topological polar surface area (TPSA) is 35.2 Å². The summed E-state index contributed by atoms with van der Waals surface area (Å²) in [6.07, 6.45) is -4.38. The van der Waals surface area contributed by atoms with Gasteiger partial charge in [0.2, 0.25) is 0 Å². The number of ether oxygens (including phenoxy) is 1. The van der Waals surface area contributed by atoms with Gasteiger partial charge in [-0.05, 0) is 35.9 Å². The lowest BCUT2D eigenvalue weighted by molar-refractivity contribution is -0.137. The van der Waals surface area contributed by atoms with Gasteiger partial charge in [0, 0.05) is 16.6 Å². The second kappa shape index (κ2) is 6.49. The van der Waals surface area contributed by atoms with Crippen molar-refractivity contribution in [3.8, 4) is 5.75 Å². The van der Waals surface area contributed by atoms with Crippen LogP contribution in [0.2, 0.25) is 0 Å². The van der Waals surface area contributed by atoms with E-state index in [2.05, 4.69) is 15.9 Å². The summed E-state index contributed by atoms with van der Waals surface area (Å²) in [5.41, 5.74) is 6.02. The molecule has 0 amide bonds. The highest BCUT2D eigenvalue weighted by Gasteiger charge is 2.31. The van der Waals surface area contributed by atoms with Crippen LogP contribution in [0.1, 0.15) is 16.7 Å². The minimum Gasteiger partial charge on any atom is -0.489 e. The number of alkyl halides is 3. The second-order valence-corrected chi connectivity index (χ2v) is 5.36. The highest BCUT2D eigenvalue weighted by Crippen LogP contribution is 2.32. The molecule has 0 bridgehead atoms. The van der Waals surface area contributed by atoms with Crippen LogP contribution in [-0.2, 0) is 19.3 Å². The first-order valence-corrected chi connectivity index (χ1v) is 6.97.